The molecule has 1 aromatic carbocycles. The first kappa shape index (κ1) is 15.3. The van der Waals surface area contributed by atoms with Crippen LogP contribution in [0, 0.1) is 13.8 Å². The summed E-state index contributed by atoms with van der Waals surface area (Å²) in [5, 5.41) is 0. The summed E-state index contributed by atoms with van der Waals surface area (Å²) in [6, 6.07) is 8.78. The SMILES string of the molecule is Cc1nc2ccc(C)c(-c3c[c]([Ge]([CH3])([CH3])[CH3])cc[n+]3C)c2o1. The van der Waals surface area contributed by atoms with Gasteiger partial charge < -0.3 is 0 Å². The molecule has 0 atom stereocenters. The van der Waals surface area contributed by atoms with Crippen LogP contribution in [0.15, 0.2) is 34.9 Å². The molecule has 0 aliphatic carbocycles. The van der Waals surface area contributed by atoms with Gasteiger partial charge in [-0.05, 0) is 0 Å². The van der Waals surface area contributed by atoms with E-state index < -0.39 is 13.3 Å². The van der Waals surface area contributed by atoms with Crippen LogP contribution in [0.25, 0.3) is 22.4 Å². The third-order valence-corrected chi connectivity index (χ3v) is 8.43. The van der Waals surface area contributed by atoms with Crippen molar-refractivity contribution in [1.82, 2.24) is 4.98 Å². The number of oxazole rings is 1. The Morgan fingerprint density at radius 3 is 2.50 bits per heavy atom. The maximum absolute atomic E-state index is 5.91. The monoisotopic (exact) mass is 357 g/mol. The van der Waals surface area contributed by atoms with Gasteiger partial charge in [0, 0.05) is 0 Å². The average molecular weight is 356 g/mol. The minimum atomic E-state index is -1.88. The van der Waals surface area contributed by atoms with Crippen molar-refractivity contribution < 1.29 is 8.98 Å². The van der Waals surface area contributed by atoms with Gasteiger partial charge in [0.1, 0.15) is 0 Å². The molecule has 4 heteroatoms. The Morgan fingerprint density at radius 1 is 1.09 bits per heavy atom. The summed E-state index contributed by atoms with van der Waals surface area (Å²) >= 11 is -1.88. The predicted octanol–water partition coefficient (Wildman–Crippen LogP) is 3.48. The van der Waals surface area contributed by atoms with Crippen LogP contribution in [0.1, 0.15) is 11.5 Å². The van der Waals surface area contributed by atoms with Gasteiger partial charge in [0.2, 0.25) is 0 Å². The van der Waals surface area contributed by atoms with Crippen LogP contribution < -0.4 is 8.96 Å². The van der Waals surface area contributed by atoms with Gasteiger partial charge >= 0.3 is 134 Å². The van der Waals surface area contributed by atoms with Crippen molar-refractivity contribution in [2.45, 2.75) is 31.1 Å². The summed E-state index contributed by atoms with van der Waals surface area (Å²) < 4.78 is 9.58. The molecule has 2 heterocycles. The fourth-order valence-corrected chi connectivity index (χ4v) is 5.21. The Hall–Kier alpha value is -1.62. The average Bonchev–Trinajstić information content (AvgIpc) is 2.79. The van der Waals surface area contributed by atoms with Crippen molar-refractivity contribution >= 4 is 28.8 Å². The molecule has 3 rings (SSSR count). The van der Waals surface area contributed by atoms with Crippen LogP contribution >= 0.6 is 0 Å². The van der Waals surface area contributed by atoms with Crippen LogP contribution in [-0.2, 0) is 7.05 Å². The molecule has 0 spiro atoms. The molecule has 0 fully saturated rings. The van der Waals surface area contributed by atoms with Gasteiger partial charge in [-0.25, -0.2) is 0 Å². The standard InChI is InChI=1S/C18H23GeN2O/c1-12-7-8-15-18(22-13(2)20-15)17(12)16-11-14(19(3,4)5)9-10-21(16)6/h7-11H,1-6H3/q+1. The molecule has 0 radical (unpaired) electrons. The third kappa shape index (κ3) is 2.58. The Morgan fingerprint density at radius 2 is 1.82 bits per heavy atom. The normalized spacial score (nSPS) is 12.1. The second kappa shape index (κ2) is 5.23. The first-order chi connectivity index (χ1) is 10.3. The van der Waals surface area contributed by atoms with E-state index in [1.807, 2.05) is 13.0 Å². The molecular formula is C18H23GeN2O+. The molecule has 3 aromatic rings. The summed E-state index contributed by atoms with van der Waals surface area (Å²) in [7, 11) is 2.09. The number of aryl methyl sites for hydroxylation is 3. The van der Waals surface area contributed by atoms with E-state index in [9.17, 15) is 0 Å². The van der Waals surface area contributed by atoms with Gasteiger partial charge in [0.25, 0.3) is 0 Å². The first-order valence-electron chi connectivity index (χ1n) is 7.64. The quantitative estimate of drug-likeness (QED) is 0.520. The zero-order chi connectivity index (χ0) is 16.1. The Bertz CT molecular complexity index is 859. The van der Waals surface area contributed by atoms with Gasteiger partial charge in [-0.15, -0.1) is 0 Å². The van der Waals surface area contributed by atoms with Crippen molar-refractivity contribution in [3.8, 4) is 11.3 Å². The van der Waals surface area contributed by atoms with E-state index in [2.05, 4.69) is 65.2 Å². The Kier molecular flexibility index (Phi) is 3.64. The molecule has 0 N–H and O–H groups in total. The van der Waals surface area contributed by atoms with Crippen molar-refractivity contribution in [1.29, 1.82) is 0 Å². The second-order valence-electron chi connectivity index (χ2n) is 7.00. The molecule has 0 aliphatic rings. The molecule has 22 heavy (non-hydrogen) atoms. The maximum atomic E-state index is 5.91. The third-order valence-electron chi connectivity index (χ3n) is 4.14. The number of hydrogen-bond donors (Lipinski definition) is 0. The second-order valence-corrected chi connectivity index (χ2v) is 17.7. The van der Waals surface area contributed by atoms with Gasteiger partial charge in [-0.1, -0.05) is 0 Å². The molecule has 114 valence electrons. The number of hydrogen-bond acceptors (Lipinski definition) is 2. The van der Waals surface area contributed by atoms with E-state index in [-0.39, 0.29) is 0 Å². The van der Waals surface area contributed by atoms with Gasteiger partial charge in [0.05, 0.1) is 0 Å². The van der Waals surface area contributed by atoms with Crippen LogP contribution in [0.4, 0.5) is 0 Å². The van der Waals surface area contributed by atoms with Gasteiger partial charge in [-0.2, -0.15) is 0 Å². The van der Waals surface area contributed by atoms with Gasteiger partial charge in [-0.3, -0.25) is 0 Å². The molecule has 0 aliphatic heterocycles. The van der Waals surface area contributed by atoms with E-state index in [1.165, 1.54) is 15.7 Å². The Labute approximate surface area is 134 Å². The van der Waals surface area contributed by atoms with E-state index in [0.717, 1.165) is 16.7 Å². The van der Waals surface area contributed by atoms with Crippen LogP contribution in [0.5, 0.6) is 0 Å². The fraction of sp³-hybridized carbons (Fsp3) is 0.333. The number of rotatable bonds is 2. The summed E-state index contributed by atoms with van der Waals surface area (Å²) in [4.78, 5) is 4.48. The molecular weight excluding hydrogens is 333 g/mol. The number of pyridine rings is 1. The molecule has 0 amide bonds. The van der Waals surface area contributed by atoms with Crippen LogP contribution in [-0.4, -0.2) is 18.3 Å². The van der Waals surface area contributed by atoms with E-state index in [0.29, 0.717) is 5.89 Å². The summed E-state index contributed by atoms with van der Waals surface area (Å²) in [6.07, 6.45) is 2.17. The van der Waals surface area contributed by atoms with E-state index in [1.54, 1.807) is 0 Å². The van der Waals surface area contributed by atoms with E-state index in [4.69, 9.17) is 4.42 Å². The van der Waals surface area contributed by atoms with Crippen LogP contribution in [0.3, 0.4) is 0 Å². The minimum absolute atomic E-state index is 0.717. The van der Waals surface area contributed by atoms with Crippen LogP contribution in [0.2, 0.25) is 17.3 Å². The molecule has 0 saturated carbocycles. The van der Waals surface area contributed by atoms with Crippen molar-refractivity contribution in [3.63, 3.8) is 0 Å². The number of fused-ring (bicyclic) bond motifs is 1. The Balaban J connectivity index is 2.34. The number of aromatic nitrogens is 2. The first-order valence-corrected chi connectivity index (χ1v) is 15.0. The zero-order valence-corrected chi connectivity index (χ0v) is 16.3. The molecule has 3 nitrogen and oxygen atoms in total. The molecule has 0 unspecified atom stereocenters. The number of benzene rings is 1. The fourth-order valence-electron chi connectivity index (χ4n) is 2.80. The van der Waals surface area contributed by atoms with Crippen molar-refractivity contribution in [3.05, 3.63) is 41.9 Å². The molecule has 2 aromatic heterocycles. The number of nitrogens with zero attached hydrogens (tertiary/aromatic N) is 2. The topological polar surface area (TPSA) is 29.9 Å². The molecule has 0 bridgehead atoms. The summed E-state index contributed by atoms with van der Waals surface area (Å²) in [5.41, 5.74) is 5.41. The zero-order valence-electron chi connectivity index (χ0n) is 14.2. The predicted molar refractivity (Wildman–Crippen MR) is 93.1 cm³/mol. The van der Waals surface area contributed by atoms with Gasteiger partial charge in [0.15, 0.2) is 0 Å². The molecule has 0 saturated heterocycles. The van der Waals surface area contributed by atoms with Crippen molar-refractivity contribution in [2.75, 3.05) is 0 Å². The van der Waals surface area contributed by atoms with Crippen molar-refractivity contribution in [2.24, 2.45) is 7.05 Å². The summed E-state index contributed by atoms with van der Waals surface area (Å²) in [6.45, 7) is 4.04. The summed E-state index contributed by atoms with van der Waals surface area (Å²) in [5.74, 6) is 7.98. The van der Waals surface area contributed by atoms with E-state index >= 15 is 0 Å².